The summed E-state index contributed by atoms with van der Waals surface area (Å²) in [5.41, 5.74) is -0.644. The lowest BCUT2D eigenvalue weighted by atomic mass is 10.0. The Morgan fingerprint density at radius 2 is 2.30 bits per heavy atom. The monoisotopic (exact) mass is 279 g/mol. The summed E-state index contributed by atoms with van der Waals surface area (Å²) in [5.74, 6) is -3.15. The van der Waals surface area contributed by atoms with Crippen LogP contribution in [0.4, 0.5) is 10.1 Å². The number of hydrogen-bond acceptors (Lipinski definition) is 6. The molecule has 104 valence electrons. The van der Waals surface area contributed by atoms with E-state index in [0.717, 1.165) is 18.2 Å². The molecule has 1 rings (SSSR count). The normalized spacial score (nSPS) is 11.2. The van der Waals surface area contributed by atoms with Crippen molar-refractivity contribution in [3.63, 3.8) is 0 Å². The second kappa shape index (κ2) is 6.38. The topological polar surface area (TPSA) is 117 Å². The predicted octanol–water partition coefficient (Wildman–Crippen LogP) is 1.86. The largest absolute Gasteiger partial charge is 0.479 e. The van der Waals surface area contributed by atoms with Crippen molar-refractivity contribution in [3.05, 3.63) is 34.1 Å². The van der Waals surface area contributed by atoms with Gasteiger partial charge >= 0.3 is 5.69 Å². The van der Waals surface area contributed by atoms with E-state index in [1.807, 2.05) is 0 Å². The molecule has 0 aliphatic carbocycles. The van der Waals surface area contributed by atoms with E-state index in [-0.39, 0.29) is 5.71 Å². The first-order valence-electron chi connectivity index (χ1n) is 5.41. The first kappa shape index (κ1) is 15.2. The molecular formula is C12H10FN3O4. The smallest absolute Gasteiger partial charge is 0.311 e. The Labute approximate surface area is 113 Å². The number of hydrogen-bond donors (Lipinski definition) is 1. The Balaban J connectivity index is 2.88. The van der Waals surface area contributed by atoms with Crippen LogP contribution in [0.3, 0.4) is 0 Å². The molecule has 1 unspecified atom stereocenters. The fourth-order valence-corrected chi connectivity index (χ4v) is 1.40. The number of nitrogens with zero attached hydrogens (tertiary/aromatic N) is 2. The fourth-order valence-electron chi connectivity index (χ4n) is 1.40. The summed E-state index contributed by atoms with van der Waals surface area (Å²) < 4.78 is 17.9. The van der Waals surface area contributed by atoms with Gasteiger partial charge in [-0.15, -0.1) is 0 Å². The van der Waals surface area contributed by atoms with Crippen molar-refractivity contribution in [2.75, 3.05) is 6.61 Å². The van der Waals surface area contributed by atoms with Crippen molar-refractivity contribution >= 4 is 17.2 Å². The van der Waals surface area contributed by atoms with Crippen LogP contribution in [-0.4, -0.2) is 23.0 Å². The van der Waals surface area contributed by atoms with Gasteiger partial charge in [0, 0.05) is 17.8 Å². The molecule has 0 aliphatic rings. The van der Waals surface area contributed by atoms with Crippen LogP contribution < -0.4 is 4.74 Å². The minimum Gasteiger partial charge on any atom is -0.479 e. The number of ketones is 1. The SMILES string of the molecule is CC(=N)C(C#N)C(=O)COc1cc(F)ccc1[N+](=O)[O-]. The lowest BCUT2D eigenvalue weighted by molar-refractivity contribution is -0.385. The zero-order valence-electron chi connectivity index (χ0n) is 10.4. The molecule has 0 aliphatic heterocycles. The third-order valence-corrected chi connectivity index (χ3v) is 2.37. The average molecular weight is 279 g/mol. The Morgan fingerprint density at radius 3 is 2.80 bits per heavy atom. The molecular weight excluding hydrogens is 269 g/mol. The summed E-state index contributed by atoms with van der Waals surface area (Å²) in [6.45, 7) is 0.634. The number of Topliss-reactive ketones (excluding diaryl/α,β-unsaturated/α-hetero) is 1. The number of nitro benzene ring substituents is 1. The Hall–Kier alpha value is -2.82. The second-order valence-corrected chi connectivity index (χ2v) is 3.87. The number of nitrogens with one attached hydrogen (secondary N) is 1. The van der Waals surface area contributed by atoms with Gasteiger partial charge < -0.3 is 10.1 Å². The van der Waals surface area contributed by atoms with E-state index in [1.165, 1.54) is 6.92 Å². The van der Waals surface area contributed by atoms with Gasteiger partial charge in [-0.1, -0.05) is 0 Å². The molecule has 0 heterocycles. The standard InChI is InChI=1S/C12H10FN3O4/c1-7(15)9(5-14)11(17)6-20-12-4-8(13)2-3-10(12)16(18)19/h2-4,9,15H,6H2,1H3. The summed E-state index contributed by atoms with van der Waals surface area (Å²) >= 11 is 0. The molecule has 1 aromatic rings. The van der Waals surface area contributed by atoms with Crippen LogP contribution in [0.1, 0.15) is 6.92 Å². The maximum Gasteiger partial charge on any atom is 0.311 e. The third kappa shape index (κ3) is 3.58. The molecule has 0 saturated carbocycles. The van der Waals surface area contributed by atoms with E-state index < -0.39 is 40.5 Å². The van der Waals surface area contributed by atoms with E-state index in [2.05, 4.69) is 0 Å². The number of rotatable bonds is 6. The Morgan fingerprint density at radius 1 is 1.65 bits per heavy atom. The molecule has 0 saturated heterocycles. The number of nitriles is 1. The molecule has 0 radical (unpaired) electrons. The summed E-state index contributed by atoms with van der Waals surface area (Å²) in [4.78, 5) is 21.5. The zero-order valence-corrected chi connectivity index (χ0v) is 10.4. The maximum atomic E-state index is 13.0. The van der Waals surface area contributed by atoms with E-state index in [4.69, 9.17) is 15.4 Å². The van der Waals surface area contributed by atoms with Crippen LogP contribution in [0.25, 0.3) is 0 Å². The Kier molecular flexibility index (Phi) is 4.86. The number of carbonyl (C=O) groups is 1. The molecule has 1 aromatic carbocycles. The number of ether oxygens (including phenoxy) is 1. The van der Waals surface area contributed by atoms with Crippen LogP contribution in [0, 0.1) is 38.6 Å². The number of carbonyl (C=O) groups excluding carboxylic acids is 1. The quantitative estimate of drug-likeness (QED) is 0.484. The highest BCUT2D eigenvalue weighted by Crippen LogP contribution is 2.27. The van der Waals surface area contributed by atoms with E-state index in [1.54, 1.807) is 6.07 Å². The summed E-state index contributed by atoms with van der Waals surface area (Å²) in [5, 5.41) is 26.7. The maximum absolute atomic E-state index is 13.0. The minimum absolute atomic E-state index is 0.158. The van der Waals surface area contributed by atoms with Gasteiger partial charge in [-0.05, 0) is 13.0 Å². The van der Waals surface area contributed by atoms with Crippen LogP contribution in [-0.2, 0) is 4.79 Å². The van der Waals surface area contributed by atoms with E-state index in [0.29, 0.717) is 0 Å². The molecule has 0 aromatic heterocycles. The van der Waals surface area contributed by atoms with Crippen LogP contribution >= 0.6 is 0 Å². The van der Waals surface area contributed by atoms with Crippen LogP contribution in [0.15, 0.2) is 18.2 Å². The van der Waals surface area contributed by atoms with Crippen LogP contribution in [0.2, 0.25) is 0 Å². The van der Waals surface area contributed by atoms with Crippen molar-refractivity contribution < 1.29 is 18.8 Å². The molecule has 0 spiro atoms. The molecule has 0 amide bonds. The fraction of sp³-hybridized carbons (Fsp3) is 0.250. The van der Waals surface area contributed by atoms with Gasteiger partial charge in [0.05, 0.1) is 11.0 Å². The average Bonchev–Trinajstić information content (AvgIpc) is 2.36. The van der Waals surface area contributed by atoms with Gasteiger partial charge in [-0.3, -0.25) is 14.9 Å². The zero-order chi connectivity index (χ0) is 15.3. The van der Waals surface area contributed by atoms with Gasteiger partial charge in [0.2, 0.25) is 0 Å². The van der Waals surface area contributed by atoms with Crippen molar-refractivity contribution in [2.45, 2.75) is 6.92 Å². The highest BCUT2D eigenvalue weighted by atomic mass is 19.1. The highest BCUT2D eigenvalue weighted by Gasteiger charge is 2.22. The van der Waals surface area contributed by atoms with Crippen molar-refractivity contribution in [1.82, 2.24) is 0 Å². The minimum atomic E-state index is -1.28. The van der Waals surface area contributed by atoms with Crippen molar-refractivity contribution in [2.24, 2.45) is 5.92 Å². The summed E-state index contributed by atoms with van der Waals surface area (Å²) in [6, 6.07) is 4.22. The molecule has 1 atom stereocenters. The third-order valence-electron chi connectivity index (χ3n) is 2.37. The first-order chi connectivity index (χ1) is 9.36. The van der Waals surface area contributed by atoms with Crippen LogP contribution in [0.5, 0.6) is 5.75 Å². The van der Waals surface area contributed by atoms with Gasteiger partial charge in [0.15, 0.2) is 11.5 Å². The highest BCUT2D eigenvalue weighted by molar-refractivity contribution is 6.05. The molecule has 0 bridgehead atoms. The van der Waals surface area contributed by atoms with Gasteiger partial charge in [-0.25, -0.2) is 4.39 Å². The lowest BCUT2D eigenvalue weighted by Crippen LogP contribution is -2.25. The van der Waals surface area contributed by atoms with Gasteiger partial charge in [0.25, 0.3) is 0 Å². The molecule has 8 heteroatoms. The summed E-state index contributed by atoms with van der Waals surface area (Å²) in [7, 11) is 0. The molecule has 20 heavy (non-hydrogen) atoms. The van der Waals surface area contributed by atoms with E-state index in [9.17, 15) is 19.3 Å². The molecule has 7 nitrogen and oxygen atoms in total. The molecule has 0 fully saturated rings. The van der Waals surface area contributed by atoms with Gasteiger partial charge in [-0.2, -0.15) is 5.26 Å². The van der Waals surface area contributed by atoms with Crippen molar-refractivity contribution in [1.29, 1.82) is 10.7 Å². The lowest BCUT2D eigenvalue weighted by Gasteiger charge is -2.08. The number of benzene rings is 1. The molecule has 1 N–H and O–H groups in total. The number of halogens is 1. The predicted molar refractivity (Wildman–Crippen MR) is 66.1 cm³/mol. The van der Waals surface area contributed by atoms with Crippen molar-refractivity contribution in [3.8, 4) is 11.8 Å². The Bertz CT molecular complexity index is 609. The second-order valence-electron chi connectivity index (χ2n) is 3.87. The first-order valence-corrected chi connectivity index (χ1v) is 5.41. The van der Waals surface area contributed by atoms with E-state index >= 15 is 0 Å². The van der Waals surface area contributed by atoms with Gasteiger partial charge in [0.1, 0.15) is 18.3 Å². The summed E-state index contributed by atoms with van der Waals surface area (Å²) in [6.07, 6.45) is 0. The number of nitro groups is 1.